The molecule has 7 nitrogen and oxygen atoms in total. The molecule has 2 heterocycles. The van der Waals surface area contributed by atoms with Crippen molar-refractivity contribution in [2.75, 3.05) is 16.6 Å². The molecular formula is C16H16N2O5S2. The van der Waals surface area contributed by atoms with Crippen LogP contribution in [-0.2, 0) is 16.6 Å². The number of amides is 1. The van der Waals surface area contributed by atoms with Crippen molar-refractivity contribution in [1.82, 2.24) is 5.32 Å². The van der Waals surface area contributed by atoms with Crippen LogP contribution in [0, 0.1) is 0 Å². The second kappa shape index (κ2) is 6.85. The summed E-state index contributed by atoms with van der Waals surface area (Å²) in [5.74, 6) is -1.28. The van der Waals surface area contributed by atoms with Gasteiger partial charge in [-0.2, -0.15) is 0 Å². The third-order valence-electron chi connectivity index (χ3n) is 3.79. The van der Waals surface area contributed by atoms with Gasteiger partial charge < -0.3 is 10.4 Å². The molecule has 0 spiro atoms. The van der Waals surface area contributed by atoms with Crippen molar-refractivity contribution in [3.8, 4) is 0 Å². The molecule has 1 aliphatic rings. The van der Waals surface area contributed by atoms with E-state index < -0.39 is 16.0 Å². The lowest BCUT2D eigenvalue weighted by molar-refractivity contribution is 0.0702. The fraction of sp³-hybridized carbons (Fsp3) is 0.250. The van der Waals surface area contributed by atoms with E-state index in [0.717, 1.165) is 16.9 Å². The SMILES string of the molecule is O=C(O)c1ccc(C(=O)NCc2cccc(N3CCCS3(=O)=O)c2)s1. The van der Waals surface area contributed by atoms with E-state index >= 15 is 0 Å². The first-order valence-corrected chi connectivity index (χ1v) is 10.00. The summed E-state index contributed by atoms with van der Waals surface area (Å²) in [5, 5.41) is 11.6. The van der Waals surface area contributed by atoms with Crippen LogP contribution in [0.15, 0.2) is 36.4 Å². The monoisotopic (exact) mass is 380 g/mol. The van der Waals surface area contributed by atoms with Crippen LogP contribution in [0.4, 0.5) is 5.69 Å². The molecule has 0 atom stereocenters. The van der Waals surface area contributed by atoms with Crippen molar-refractivity contribution >= 4 is 38.9 Å². The smallest absolute Gasteiger partial charge is 0.345 e. The Kier molecular flexibility index (Phi) is 4.78. The molecule has 0 saturated carbocycles. The number of aromatic carboxylic acids is 1. The number of nitrogens with zero attached hydrogens (tertiary/aromatic N) is 1. The van der Waals surface area contributed by atoms with E-state index in [-0.39, 0.29) is 23.1 Å². The molecule has 1 saturated heterocycles. The molecule has 3 rings (SSSR count). The molecular weight excluding hydrogens is 364 g/mol. The Hall–Kier alpha value is -2.39. The van der Waals surface area contributed by atoms with Crippen LogP contribution < -0.4 is 9.62 Å². The van der Waals surface area contributed by atoms with Gasteiger partial charge in [0.15, 0.2) is 0 Å². The maximum atomic E-state index is 12.1. The summed E-state index contributed by atoms with van der Waals surface area (Å²) in [6, 6.07) is 9.87. The summed E-state index contributed by atoms with van der Waals surface area (Å²) in [7, 11) is -3.24. The van der Waals surface area contributed by atoms with E-state index in [1.807, 2.05) is 0 Å². The average molecular weight is 380 g/mol. The van der Waals surface area contributed by atoms with Gasteiger partial charge in [-0.3, -0.25) is 9.10 Å². The number of hydrogen-bond acceptors (Lipinski definition) is 5. The highest BCUT2D eigenvalue weighted by atomic mass is 32.2. The first kappa shape index (κ1) is 17.4. The van der Waals surface area contributed by atoms with Crippen molar-refractivity contribution in [3.05, 3.63) is 51.7 Å². The minimum atomic E-state index is -3.24. The van der Waals surface area contributed by atoms with Gasteiger partial charge in [-0.25, -0.2) is 13.2 Å². The Bertz CT molecular complexity index is 920. The summed E-state index contributed by atoms with van der Waals surface area (Å²) in [4.78, 5) is 23.4. The number of anilines is 1. The topological polar surface area (TPSA) is 104 Å². The molecule has 1 fully saturated rings. The Balaban J connectivity index is 1.68. The van der Waals surface area contributed by atoms with Crippen LogP contribution in [0.2, 0.25) is 0 Å². The van der Waals surface area contributed by atoms with Crippen molar-refractivity contribution in [2.45, 2.75) is 13.0 Å². The molecule has 25 heavy (non-hydrogen) atoms. The quantitative estimate of drug-likeness (QED) is 0.825. The molecule has 1 aromatic heterocycles. The summed E-state index contributed by atoms with van der Waals surface area (Å²) in [5.41, 5.74) is 1.36. The van der Waals surface area contributed by atoms with Gasteiger partial charge in [0.1, 0.15) is 4.88 Å². The number of carbonyl (C=O) groups excluding carboxylic acids is 1. The largest absolute Gasteiger partial charge is 0.477 e. The lowest BCUT2D eigenvalue weighted by Gasteiger charge is -2.17. The zero-order valence-corrected chi connectivity index (χ0v) is 14.8. The maximum Gasteiger partial charge on any atom is 0.345 e. The van der Waals surface area contributed by atoms with E-state index in [4.69, 9.17) is 5.11 Å². The standard InChI is InChI=1S/C16H16N2O5S2/c19-15(13-5-6-14(24-13)16(20)21)17-10-11-3-1-4-12(9-11)18-7-2-8-25(18,22)23/h1,3-6,9H,2,7-8,10H2,(H,17,19)(H,20,21). The van der Waals surface area contributed by atoms with Gasteiger partial charge in [-0.05, 0) is 36.2 Å². The van der Waals surface area contributed by atoms with Crippen LogP contribution in [0.3, 0.4) is 0 Å². The molecule has 2 N–H and O–H groups in total. The van der Waals surface area contributed by atoms with Crippen molar-refractivity contribution < 1.29 is 23.1 Å². The Morgan fingerprint density at radius 1 is 1.20 bits per heavy atom. The van der Waals surface area contributed by atoms with Crippen LogP contribution >= 0.6 is 11.3 Å². The Morgan fingerprint density at radius 3 is 2.60 bits per heavy atom. The van der Waals surface area contributed by atoms with Gasteiger partial charge in [0.25, 0.3) is 5.91 Å². The third-order valence-corrected chi connectivity index (χ3v) is 6.73. The zero-order chi connectivity index (χ0) is 18.0. The molecule has 1 aromatic carbocycles. The minimum absolute atomic E-state index is 0.103. The van der Waals surface area contributed by atoms with Crippen LogP contribution in [0.1, 0.15) is 31.3 Å². The zero-order valence-electron chi connectivity index (χ0n) is 13.1. The maximum absolute atomic E-state index is 12.1. The molecule has 132 valence electrons. The number of sulfonamides is 1. The van der Waals surface area contributed by atoms with E-state index in [1.54, 1.807) is 24.3 Å². The predicted octanol–water partition coefficient (Wildman–Crippen LogP) is 1.92. The summed E-state index contributed by atoms with van der Waals surface area (Å²) < 4.78 is 25.4. The van der Waals surface area contributed by atoms with Crippen molar-refractivity contribution in [1.29, 1.82) is 0 Å². The number of carboxylic acids is 1. The molecule has 1 aliphatic heterocycles. The minimum Gasteiger partial charge on any atom is -0.477 e. The summed E-state index contributed by atoms with van der Waals surface area (Å²) in [6.07, 6.45) is 0.605. The first-order chi connectivity index (χ1) is 11.9. The highest BCUT2D eigenvalue weighted by Gasteiger charge is 2.28. The van der Waals surface area contributed by atoms with E-state index in [1.165, 1.54) is 16.4 Å². The Morgan fingerprint density at radius 2 is 1.96 bits per heavy atom. The van der Waals surface area contributed by atoms with E-state index in [0.29, 0.717) is 23.5 Å². The fourth-order valence-corrected chi connectivity index (χ4v) is 4.91. The molecule has 0 unspecified atom stereocenters. The van der Waals surface area contributed by atoms with Crippen molar-refractivity contribution in [3.63, 3.8) is 0 Å². The van der Waals surface area contributed by atoms with Gasteiger partial charge >= 0.3 is 5.97 Å². The number of nitrogens with one attached hydrogen (secondary N) is 1. The van der Waals surface area contributed by atoms with E-state index in [9.17, 15) is 18.0 Å². The molecule has 0 bridgehead atoms. The molecule has 1 amide bonds. The fourth-order valence-electron chi connectivity index (χ4n) is 2.60. The number of hydrogen-bond donors (Lipinski definition) is 2. The highest BCUT2D eigenvalue weighted by Crippen LogP contribution is 2.24. The third kappa shape index (κ3) is 3.83. The van der Waals surface area contributed by atoms with Gasteiger partial charge in [-0.1, -0.05) is 12.1 Å². The molecule has 0 radical (unpaired) electrons. The van der Waals surface area contributed by atoms with Crippen LogP contribution in [0.5, 0.6) is 0 Å². The van der Waals surface area contributed by atoms with E-state index in [2.05, 4.69) is 5.32 Å². The molecule has 0 aliphatic carbocycles. The number of rotatable bonds is 5. The van der Waals surface area contributed by atoms with Crippen LogP contribution in [0.25, 0.3) is 0 Å². The second-order valence-corrected chi connectivity index (χ2v) is 8.66. The highest BCUT2D eigenvalue weighted by molar-refractivity contribution is 7.93. The predicted molar refractivity (Wildman–Crippen MR) is 94.6 cm³/mol. The first-order valence-electron chi connectivity index (χ1n) is 7.57. The normalized spacial score (nSPS) is 15.9. The number of thiophene rings is 1. The lowest BCUT2D eigenvalue weighted by atomic mass is 10.2. The molecule has 2 aromatic rings. The van der Waals surface area contributed by atoms with Gasteiger partial charge in [0.05, 0.1) is 16.3 Å². The van der Waals surface area contributed by atoms with Crippen LogP contribution in [-0.4, -0.2) is 37.7 Å². The molecule has 9 heteroatoms. The number of benzene rings is 1. The average Bonchev–Trinajstić information content (AvgIpc) is 3.19. The van der Waals surface area contributed by atoms with Gasteiger partial charge in [-0.15, -0.1) is 11.3 Å². The number of carbonyl (C=O) groups is 2. The Labute approximate surface area is 149 Å². The number of carboxylic acid groups (broad SMARTS) is 1. The summed E-state index contributed by atoms with van der Waals surface area (Å²) >= 11 is 0.908. The van der Waals surface area contributed by atoms with Gasteiger partial charge in [0, 0.05) is 13.1 Å². The second-order valence-electron chi connectivity index (χ2n) is 5.56. The van der Waals surface area contributed by atoms with Gasteiger partial charge in [0.2, 0.25) is 10.0 Å². The van der Waals surface area contributed by atoms with Crippen molar-refractivity contribution in [2.24, 2.45) is 0 Å². The lowest BCUT2D eigenvalue weighted by Crippen LogP contribution is -2.25. The summed E-state index contributed by atoms with van der Waals surface area (Å²) in [6.45, 7) is 0.687.